The molecule has 6 nitrogen and oxygen atoms in total. The average Bonchev–Trinajstić information content (AvgIpc) is 2.56. The third-order valence-electron chi connectivity index (χ3n) is 2.53. The van der Waals surface area contributed by atoms with Gasteiger partial charge in [0.25, 0.3) is 0 Å². The maximum Gasteiger partial charge on any atom is 0.315 e. The highest BCUT2D eigenvalue weighted by molar-refractivity contribution is 5.75. The van der Waals surface area contributed by atoms with Crippen molar-refractivity contribution in [3.8, 4) is 0 Å². The molecule has 1 heterocycles. The van der Waals surface area contributed by atoms with Crippen LogP contribution in [0, 0.1) is 5.41 Å². The highest BCUT2D eigenvalue weighted by Gasteiger charge is 2.30. The predicted molar refractivity (Wildman–Crippen MR) is 62.3 cm³/mol. The molecular formula is C11H20ClN3O3. The molecule has 0 saturated heterocycles. The van der Waals surface area contributed by atoms with Gasteiger partial charge in [-0.05, 0) is 20.8 Å². The van der Waals surface area contributed by atoms with Gasteiger partial charge in [-0.2, -0.15) is 0 Å². The number of oxime groups is 1. The summed E-state index contributed by atoms with van der Waals surface area (Å²) < 4.78 is 5.22. The molecule has 0 amide bonds. The molecule has 0 spiro atoms. The maximum atomic E-state index is 11.6. The third-order valence-corrected chi connectivity index (χ3v) is 2.53. The van der Waals surface area contributed by atoms with Gasteiger partial charge in [0.15, 0.2) is 0 Å². The number of nitrogens with one attached hydrogen (secondary N) is 1. The van der Waals surface area contributed by atoms with Crippen molar-refractivity contribution in [3.05, 3.63) is 12.4 Å². The van der Waals surface area contributed by atoms with Gasteiger partial charge in [-0.3, -0.25) is 9.69 Å². The Kier molecular flexibility index (Phi) is 6.14. The van der Waals surface area contributed by atoms with Crippen molar-refractivity contribution < 1.29 is 32.0 Å². The van der Waals surface area contributed by atoms with E-state index < -0.39 is 5.41 Å². The van der Waals surface area contributed by atoms with Gasteiger partial charge in [0.2, 0.25) is 12.9 Å². The Hall–Kier alpha value is -1.27. The topological polar surface area (TPSA) is 66.6 Å². The van der Waals surface area contributed by atoms with E-state index in [9.17, 15) is 4.79 Å². The van der Waals surface area contributed by atoms with E-state index in [2.05, 4.69) is 5.16 Å². The molecule has 1 aliphatic heterocycles. The molecule has 0 aromatic heterocycles. The Bertz CT molecular complexity index is 339. The first kappa shape index (κ1) is 16.7. The zero-order valence-corrected chi connectivity index (χ0v) is 11.8. The molecule has 2 atom stereocenters. The van der Waals surface area contributed by atoms with Crippen LogP contribution in [-0.4, -0.2) is 42.2 Å². The van der Waals surface area contributed by atoms with Crippen LogP contribution in [0.25, 0.3) is 0 Å². The first-order valence-electron chi connectivity index (χ1n) is 5.47. The molecule has 1 rings (SSSR count). The van der Waals surface area contributed by atoms with Crippen LogP contribution in [0.2, 0.25) is 0 Å². The lowest BCUT2D eigenvalue weighted by Crippen LogP contribution is -3.12. The van der Waals surface area contributed by atoms with Crippen molar-refractivity contribution in [2.45, 2.75) is 26.9 Å². The Balaban J connectivity index is 0.00000289. The number of carbonyl (C=O) groups is 1. The first-order valence-corrected chi connectivity index (χ1v) is 5.47. The SMILES string of the molecule is CN1C=C[NH+](COC(=O)C(C)(C)C)C1/C=N\O.[Cl-]. The standard InChI is InChI=1S/C11H19N3O3.ClH/c1-11(2,3)10(15)17-8-14-6-5-13(4)9(14)7-12-16;/h5-7,9,16H,8H2,1-4H3;1H/b12-7-;. The second kappa shape index (κ2) is 6.61. The fraction of sp³-hybridized carbons (Fsp3) is 0.636. The van der Waals surface area contributed by atoms with Crippen LogP contribution in [0.15, 0.2) is 17.6 Å². The van der Waals surface area contributed by atoms with E-state index in [4.69, 9.17) is 9.94 Å². The van der Waals surface area contributed by atoms with Crippen LogP contribution in [0.3, 0.4) is 0 Å². The minimum Gasteiger partial charge on any atom is -1.00 e. The van der Waals surface area contributed by atoms with Crippen molar-refractivity contribution in [1.29, 1.82) is 0 Å². The lowest BCUT2D eigenvalue weighted by Gasteiger charge is -2.23. The number of rotatable bonds is 3. The van der Waals surface area contributed by atoms with Crippen molar-refractivity contribution in [2.24, 2.45) is 10.6 Å². The zero-order valence-electron chi connectivity index (χ0n) is 11.1. The van der Waals surface area contributed by atoms with Gasteiger partial charge in [-0.25, -0.2) is 0 Å². The molecule has 1 aliphatic rings. The van der Waals surface area contributed by atoms with E-state index in [1.54, 1.807) is 0 Å². The Morgan fingerprint density at radius 2 is 2.22 bits per heavy atom. The van der Waals surface area contributed by atoms with Crippen molar-refractivity contribution in [2.75, 3.05) is 13.8 Å². The second-order valence-electron chi connectivity index (χ2n) is 5.09. The largest absolute Gasteiger partial charge is 1.00 e. The lowest BCUT2D eigenvalue weighted by molar-refractivity contribution is -0.883. The first-order chi connectivity index (χ1) is 7.86. The summed E-state index contributed by atoms with van der Waals surface area (Å²) in [5.74, 6) is -0.243. The predicted octanol–water partition coefficient (Wildman–Crippen LogP) is -3.38. The molecule has 2 unspecified atom stereocenters. The lowest BCUT2D eigenvalue weighted by atomic mass is 9.98. The van der Waals surface area contributed by atoms with Gasteiger partial charge in [0.05, 0.1) is 11.6 Å². The monoisotopic (exact) mass is 277 g/mol. The molecule has 104 valence electrons. The normalized spacial score (nSPS) is 23.2. The van der Waals surface area contributed by atoms with E-state index in [1.807, 2.05) is 45.1 Å². The summed E-state index contributed by atoms with van der Waals surface area (Å²) in [6.45, 7) is 5.64. The zero-order chi connectivity index (χ0) is 13.1. The Labute approximate surface area is 113 Å². The number of hydrogen-bond donors (Lipinski definition) is 2. The number of halogens is 1. The molecule has 0 saturated carbocycles. The van der Waals surface area contributed by atoms with E-state index in [1.165, 1.54) is 6.21 Å². The van der Waals surface area contributed by atoms with Crippen molar-refractivity contribution in [1.82, 2.24) is 4.90 Å². The van der Waals surface area contributed by atoms with E-state index in [0.29, 0.717) is 0 Å². The third kappa shape index (κ3) is 4.19. The number of esters is 1. The molecule has 0 aromatic rings. The molecule has 2 N–H and O–H groups in total. The van der Waals surface area contributed by atoms with Crippen LogP contribution < -0.4 is 17.3 Å². The molecule has 18 heavy (non-hydrogen) atoms. The Morgan fingerprint density at radius 3 is 2.72 bits per heavy atom. The fourth-order valence-corrected chi connectivity index (χ4v) is 1.43. The van der Waals surface area contributed by atoms with Gasteiger partial charge in [0, 0.05) is 7.05 Å². The van der Waals surface area contributed by atoms with Gasteiger partial charge in [-0.1, -0.05) is 5.16 Å². The van der Waals surface area contributed by atoms with Gasteiger partial charge in [0.1, 0.15) is 12.4 Å². The molecule has 0 aliphatic carbocycles. The van der Waals surface area contributed by atoms with Gasteiger partial charge in [-0.15, -0.1) is 0 Å². The second-order valence-corrected chi connectivity index (χ2v) is 5.09. The van der Waals surface area contributed by atoms with Crippen LogP contribution in [0.4, 0.5) is 0 Å². The number of ether oxygens (including phenoxy) is 1. The van der Waals surface area contributed by atoms with Crippen LogP contribution in [0.5, 0.6) is 0 Å². The smallest absolute Gasteiger partial charge is 0.315 e. The maximum absolute atomic E-state index is 11.6. The number of hydrogen-bond acceptors (Lipinski definition) is 5. The number of carbonyl (C=O) groups excluding carboxylic acids is 1. The summed E-state index contributed by atoms with van der Waals surface area (Å²) in [5.41, 5.74) is -0.505. The highest BCUT2D eigenvalue weighted by atomic mass is 35.5. The summed E-state index contributed by atoms with van der Waals surface area (Å²) in [4.78, 5) is 14.4. The number of nitrogens with zero attached hydrogens (tertiary/aromatic N) is 2. The molecule has 0 radical (unpaired) electrons. The molecule has 0 fully saturated rings. The Morgan fingerprint density at radius 1 is 1.61 bits per heavy atom. The van der Waals surface area contributed by atoms with Gasteiger partial charge < -0.3 is 27.3 Å². The van der Waals surface area contributed by atoms with Crippen LogP contribution in [0.1, 0.15) is 20.8 Å². The summed E-state index contributed by atoms with van der Waals surface area (Å²) in [7, 11) is 1.86. The molecular weight excluding hydrogens is 258 g/mol. The summed E-state index contributed by atoms with van der Waals surface area (Å²) in [6.07, 6.45) is 4.97. The van der Waals surface area contributed by atoms with E-state index in [-0.39, 0.29) is 31.3 Å². The summed E-state index contributed by atoms with van der Waals surface area (Å²) in [6, 6.07) is 0. The van der Waals surface area contributed by atoms with Crippen LogP contribution >= 0.6 is 0 Å². The van der Waals surface area contributed by atoms with E-state index in [0.717, 1.165) is 4.90 Å². The molecule has 0 bridgehead atoms. The highest BCUT2D eigenvalue weighted by Crippen LogP contribution is 2.14. The molecule has 7 heteroatoms. The van der Waals surface area contributed by atoms with Gasteiger partial charge >= 0.3 is 5.97 Å². The quantitative estimate of drug-likeness (QED) is 0.245. The van der Waals surface area contributed by atoms with Crippen LogP contribution in [-0.2, 0) is 9.53 Å². The average molecular weight is 278 g/mol. The molecule has 0 aromatic carbocycles. The minimum absolute atomic E-state index is 0. The fourth-order valence-electron chi connectivity index (χ4n) is 1.43. The number of quaternary nitrogens is 1. The minimum atomic E-state index is -0.505. The summed E-state index contributed by atoms with van der Waals surface area (Å²) in [5, 5.41) is 11.6. The summed E-state index contributed by atoms with van der Waals surface area (Å²) >= 11 is 0. The van der Waals surface area contributed by atoms with Crippen molar-refractivity contribution in [3.63, 3.8) is 0 Å². The van der Waals surface area contributed by atoms with E-state index >= 15 is 0 Å². The van der Waals surface area contributed by atoms with Crippen molar-refractivity contribution >= 4 is 12.2 Å².